The topological polar surface area (TPSA) is 122 Å². The quantitative estimate of drug-likeness (QED) is 0.0720. The molecule has 0 saturated carbocycles. The standard InChI is InChI=1S/C49H44F16N6O5/c50-31-3-1-25(23-66)21-29(31)27-9-13-68(14-10-27)44-39(37-35(75-48(60,61)62)7-5-33(52)41(37)70(44)17-19-73-46(54,55)56)43(72)40-38-36(76-49(63,64)65)8-6-34(53)42(38)71(18-20-74-47(57,58)59)45(40)69-15-11-28(12-16-69)30-22-26(24-67)2-4-32(30)51/h1-8,21-22,27-28H,9-20,23-24,66-67H2. The zero-order chi connectivity index (χ0) is 55.2. The lowest BCUT2D eigenvalue weighted by Crippen LogP contribution is -2.37. The number of halogens is 16. The molecule has 4 N–H and O–H groups in total. The molecule has 76 heavy (non-hydrogen) atoms. The van der Waals surface area contributed by atoms with E-state index in [1.165, 1.54) is 34.1 Å². The van der Waals surface area contributed by atoms with E-state index >= 15 is 22.4 Å². The van der Waals surface area contributed by atoms with Crippen LogP contribution in [-0.4, -0.2) is 79.8 Å². The molecule has 6 aromatic rings. The minimum Gasteiger partial charge on any atom is -0.405 e. The van der Waals surface area contributed by atoms with Gasteiger partial charge < -0.3 is 39.9 Å². The number of nitrogens with zero attached hydrogens (tertiary/aromatic N) is 4. The summed E-state index contributed by atoms with van der Waals surface area (Å²) < 4.78 is 250. The molecule has 0 radical (unpaired) electrons. The lowest BCUT2D eigenvalue weighted by Gasteiger charge is -2.36. The number of benzene rings is 4. The molecule has 0 bridgehead atoms. The molecule has 2 aliphatic heterocycles. The predicted molar refractivity (Wildman–Crippen MR) is 242 cm³/mol. The molecule has 0 atom stereocenters. The van der Waals surface area contributed by atoms with Crippen LogP contribution in [0, 0.1) is 23.3 Å². The van der Waals surface area contributed by atoms with Crippen molar-refractivity contribution in [3.05, 3.63) is 117 Å². The van der Waals surface area contributed by atoms with E-state index < -0.39 is 149 Å². The number of carbonyl (C=O) groups excluding carboxylic acids is 1. The van der Waals surface area contributed by atoms with Crippen LogP contribution in [0.2, 0.25) is 0 Å². The van der Waals surface area contributed by atoms with Crippen LogP contribution in [0.1, 0.15) is 75.7 Å². The summed E-state index contributed by atoms with van der Waals surface area (Å²) in [6, 6.07) is 9.85. The monoisotopic (exact) mass is 1100 g/mol. The molecule has 27 heteroatoms. The minimum absolute atomic E-state index is 0.00180. The summed E-state index contributed by atoms with van der Waals surface area (Å²) in [5, 5.41) is -2.21. The number of anilines is 2. The maximum absolute atomic E-state index is 16.6. The molecule has 2 aromatic heterocycles. The first-order chi connectivity index (χ1) is 35.7. The van der Waals surface area contributed by atoms with Crippen molar-refractivity contribution in [3.63, 3.8) is 0 Å². The third-order valence-corrected chi connectivity index (χ3v) is 13.3. The summed E-state index contributed by atoms with van der Waals surface area (Å²) in [6.07, 6.45) is -22.3. The molecule has 0 amide bonds. The summed E-state index contributed by atoms with van der Waals surface area (Å²) >= 11 is 0. The Balaban J connectivity index is 1.42. The number of piperidine rings is 2. The molecule has 4 heterocycles. The maximum Gasteiger partial charge on any atom is 0.573 e. The van der Waals surface area contributed by atoms with Crippen LogP contribution in [-0.2, 0) is 35.7 Å². The van der Waals surface area contributed by atoms with Crippen molar-refractivity contribution in [1.29, 1.82) is 0 Å². The zero-order valence-electron chi connectivity index (χ0n) is 39.4. The number of rotatable bonds is 16. The van der Waals surface area contributed by atoms with Crippen LogP contribution in [0.5, 0.6) is 11.5 Å². The molecule has 0 aliphatic carbocycles. The van der Waals surface area contributed by atoms with Crippen LogP contribution in [0.4, 0.5) is 81.9 Å². The summed E-state index contributed by atoms with van der Waals surface area (Å²) in [5.74, 6) is -11.3. The normalized spacial score (nSPS) is 15.7. The second-order valence-electron chi connectivity index (χ2n) is 17.9. The number of aromatic nitrogens is 2. The van der Waals surface area contributed by atoms with Gasteiger partial charge in [0.2, 0.25) is 5.78 Å². The first-order valence-electron chi connectivity index (χ1n) is 23.3. The second kappa shape index (κ2) is 21.5. The number of carbonyl (C=O) groups is 1. The summed E-state index contributed by atoms with van der Waals surface area (Å²) in [4.78, 5) is 18.7. The van der Waals surface area contributed by atoms with Crippen molar-refractivity contribution in [1.82, 2.24) is 9.13 Å². The van der Waals surface area contributed by atoms with Crippen LogP contribution in [0.15, 0.2) is 60.7 Å². The van der Waals surface area contributed by atoms with Crippen molar-refractivity contribution in [2.45, 2.75) is 89.1 Å². The number of hydrogen-bond donors (Lipinski definition) is 2. The first kappa shape index (κ1) is 55.8. The molecule has 8 rings (SSSR count). The summed E-state index contributed by atoms with van der Waals surface area (Å²) in [6.45, 7) is -6.28. The molecule has 4 aromatic carbocycles. The number of nitrogens with two attached hydrogens (primary N) is 2. The van der Waals surface area contributed by atoms with Gasteiger partial charge in [0.05, 0.1) is 46.1 Å². The molecule has 2 fully saturated rings. The van der Waals surface area contributed by atoms with E-state index in [2.05, 4.69) is 18.9 Å². The lowest BCUT2D eigenvalue weighted by atomic mass is 9.87. The fourth-order valence-electron chi connectivity index (χ4n) is 10.3. The van der Waals surface area contributed by atoms with Gasteiger partial charge in [-0.3, -0.25) is 14.3 Å². The van der Waals surface area contributed by atoms with Crippen molar-refractivity contribution in [3.8, 4) is 11.5 Å². The third kappa shape index (κ3) is 12.1. The van der Waals surface area contributed by atoms with Gasteiger partial charge in [0, 0.05) is 52.4 Å². The third-order valence-electron chi connectivity index (χ3n) is 13.3. The Hall–Kier alpha value is -6.45. The largest absolute Gasteiger partial charge is 0.573 e. The minimum atomic E-state index is -5.66. The van der Waals surface area contributed by atoms with Crippen molar-refractivity contribution < 1.29 is 94.0 Å². The fourth-order valence-corrected chi connectivity index (χ4v) is 10.3. The number of fused-ring (bicyclic) bond motifs is 2. The van der Waals surface area contributed by atoms with Crippen LogP contribution < -0.4 is 30.7 Å². The molecular weight excluding hydrogens is 1060 g/mol. The maximum atomic E-state index is 16.6. The van der Waals surface area contributed by atoms with E-state index in [0.717, 1.165) is 12.1 Å². The van der Waals surface area contributed by atoms with Gasteiger partial charge in [-0.2, -0.15) is 0 Å². The lowest BCUT2D eigenvalue weighted by molar-refractivity contribution is -0.326. The van der Waals surface area contributed by atoms with E-state index in [1.807, 2.05) is 0 Å². The van der Waals surface area contributed by atoms with E-state index in [9.17, 15) is 52.7 Å². The van der Waals surface area contributed by atoms with Gasteiger partial charge in [0.25, 0.3) is 0 Å². The van der Waals surface area contributed by atoms with Crippen LogP contribution in [0.3, 0.4) is 0 Å². The van der Waals surface area contributed by atoms with Gasteiger partial charge in [-0.05, 0) is 96.2 Å². The molecule has 11 nitrogen and oxygen atoms in total. The van der Waals surface area contributed by atoms with Gasteiger partial charge in [-0.25, -0.2) is 17.6 Å². The highest BCUT2D eigenvalue weighted by molar-refractivity contribution is 6.28. The van der Waals surface area contributed by atoms with Crippen LogP contribution in [0.25, 0.3) is 21.8 Å². The molecule has 412 valence electrons. The van der Waals surface area contributed by atoms with Gasteiger partial charge in [-0.15, -0.1) is 52.7 Å². The van der Waals surface area contributed by atoms with Crippen molar-refractivity contribution >= 4 is 39.2 Å². The van der Waals surface area contributed by atoms with E-state index in [4.69, 9.17) is 11.5 Å². The van der Waals surface area contributed by atoms with Gasteiger partial charge in [0.1, 0.15) is 46.4 Å². The van der Waals surface area contributed by atoms with Gasteiger partial charge in [-0.1, -0.05) is 24.3 Å². The Kier molecular flexibility index (Phi) is 15.8. The van der Waals surface area contributed by atoms with Gasteiger partial charge >= 0.3 is 25.4 Å². The molecule has 2 aliphatic rings. The van der Waals surface area contributed by atoms with E-state index in [-0.39, 0.29) is 76.1 Å². The smallest absolute Gasteiger partial charge is 0.405 e. The number of alkyl halides is 12. The summed E-state index contributed by atoms with van der Waals surface area (Å²) in [7, 11) is 0. The van der Waals surface area contributed by atoms with Crippen molar-refractivity contribution in [2.24, 2.45) is 11.5 Å². The summed E-state index contributed by atoms with van der Waals surface area (Å²) in [5.41, 5.74) is 8.79. The predicted octanol–water partition coefficient (Wildman–Crippen LogP) is 11.9. The SMILES string of the molecule is NCc1ccc(F)c(C2CCN(c3c(C(=O)c4c(N5CCC(c6cc(CN)ccc6F)CC5)n(CCOC(F)(F)F)c5c(F)ccc(OC(F)(F)F)c45)c4c(OC(F)(F)F)ccc(F)c4n3CCOC(F)(F)F)CC2)c1. The Labute approximate surface area is 420 Å². The van der Waals surface area contributed by atoms with Crippen LogP contribution >= 0.6 is 0 Å². The van der Waals surface area contributed by atoms with Gasteiger partial charge in [0.15, 0.2) is 0 Å². The Morgan fingerprint density at radius 1 is 0.500 bits per heavy atom. The molecule has 0 unspecified atom stereocenters. The highest BCUT2D eigenvalue weighted by Crippen LogP contribution is 2.49. The Bertz CT molecular complexity index is 2890. The van der Waals surface area contributed by atoms with E-state index in [1.54, 1.807) is 0 Å². The highest BCUT2D eigenvalue weighted by atomic mass is 19.4. The zero-order valence-corrected chi connectivity index (χ0v) is 39.4. The number of ether oxygens (including phenoxy) is 4. The average molecular weight is 1100 g/mol. The first-order valence-corrected chi connectivity index (χ1v) is 23.3. The second-order valence-corrected chi connectivity index (χ2v) is 17.9. The Morgan fingerprint density at radius 3 is 1.16 bits per heavy atom. The number of hydrogen-bond acceptors (Lipinski definition) is 9. The molecular formula is C49H44F16N6O5. The molecule has 2 saturated heterocycles. The Morgan fingerprint density at radius 2 is 0.842 bits per heavy atom. The highest BCUT2D eigenvalue weighted by Gasteiger charge is 2.43. The van der Waals surface area contributed by atoms with E-state index in [0.29, 0.717) is 44.5 Å². The average Bonchev–Trinajstić information content (AvgIpc) is 3.97. The van der Waals surface area contributed by atoms with Crippen molar-refractivity contribution in [2.75, 3.05) is 49.2 Å². The molecule has 0 spiro atoms. The number of ketones is 1. The fraction of sp³-hybridized carbons (Fsp3) is 0.408.